The maximum absolute atomic E-state index is 12.7. The summed E-state index contributed by atoms with van der Waals surface area (Å²) in [5.74, 6) is -0.814. The summed E-state index contributed by atoms with van der Waals surface area (Å²) < 4.78 is 33.1. The molecule has 2 unspecified atom stereocenters. The molecule has 2 atom stereocenters. The predicted octanol–water partition coefficient (Wildman–Crippen LogP) is 20.6. The van der Waals surface area contributed by atoms with Crippen molar-refractivity contribution in [1.82, 2.24) is 0 Å². The first-order chi connectivity index (χ1) is 36.3. The van der Waals surface area contributed by atoms with Crippen LogP contribution in [0.5, 0.6) is 0 Å². The third kappa shape index (κ3) is 59.7. The largest absolute Gasteiger partial charge is 0.472 e. The number of nitrogens with two attached hydrogens (primary N) is 1. The molecule has 0 aliphatic heterocycles. The lowest BCUT2D eigenvalue weighted by Gasteiger charge is -2.19. The van der Waals surface area contributed by atoms with E-state index in [2.05, 4.69) is 38.2 Å². The number of carbonyl (C=O) groups is 2. The molecule has 0 spiro atoms. The fourth-order valence-corrected chi connectivity index (χ4v) is 10.6. The highest BCUT2D eigenvalue weighted by Gasteiger charge is 2.26. The molecule has 3 N–H and O–H groups in total. The van der Waals surface area contributed by atoms with Crippen molar-refractivity contribution in [2.24, 2.45) is 5.73 Å². The van der Waals surface area contributed by atoms with E-state index >= 15 is 0 Å². The normalized spacial score (nSPS) is 13.1. The molecule has 74 heavy (non-hydrogen) atoms. The molecule has 0 saturated carbocycles. The van der Waals surface area contributed by atoms with Crippen molar-refractivity contribution in [1.29, 1.82) is 0 Å². The smallest absolute Gasteiger partial charge is 0.462 e. The van der Waals surface area contributed by atoms with Gasteiger partial charge in [0, 0.05) is 19.4 Å². The van der Waals surface area contributed by atoms with Crippen LogP contribution in [0, 0.1) is 0 Å². The van der Waals surface area contributed by atoms with E-state index in [-0.39, 0.29) is 38.6 Å². The van der Waals surface area contributed by atoms with Gasteiger partial charge in [0.25, 0.3) is 0 Å². The Morgan fingerprint density at radius 1 is 0.405 bits per heavy atom. The first kappa shape index (κ1) is 72.5. The topological polar surface area (TPSA) is 134 Å². The second-order valence-electron chi connectivity index (χ2n) is 22.0. The van der Waals surface area contributed by atoms with Crippen LogP contribution in [0.15, 0.2) is 24.3 Å². The van der Waals surface area contributed by atoms with Gasteiger partial charge >= 0.3 is 19.8 Å². The van der Waals surface area contributed by atoms with E-state index in [0.29, 0.717) is 6.42 Å². The van der Waals surface area contributed by atoms with Gasteiger partial charge in [-0.15, -0.1) is 0 Å². The molecular weight excluding hydrogens is 942 g/mol. The molecule has 438 valence electrons. The Morgan fingerprint density at radius 2 is 0.703 bits per heavy atom. The number of esters is 2. The van der Waals surface area contributed by atoms with E-state index in [0.717, 1.165) is 51.4 Å². The van der Waals surface area contributed by atoms with Crippen molar-refractivity contribution in [2.75, 3.05) is 26.4 Å². The number of rotatable bonds is 62. The van der Waals surface area contributed by atoms with Gasteiger partial charge in [-0.3, -0.25) is 18.6 Å². The molecule has 0 bridgehead atoms. The Hall–Kier alpha value is -1.51. The molecule has 0 saturated heterocycles. The highest BCUT2D eigenvalue weighted by Crippen LogP contribution is 2.43. The number of allylic oxidation sites excluding steroid dienone is 4. The van der Waals surface area contributed by atoms with Gasteiger partial charge in [0.15, 0.2) is 6.10 Å². The SMILES string of the molecule is CCCCC/C=C\C/C=C\CCCCCCCCCCCC(=O)OC(COC(=O)CCCCCCCCCCCCCCCCCCCCCCCCCCCCCCCCCCCC)COP(=O)(O)OCCN. The summed E-state index contributed by atoms with van der Waals surface area (Å²) in [5, 5.41) is 0. The van der Waals surface area contributed by atoms with Crippen LogP contribution in [0.4, 0.5) is 0 Å². The van der Waals surface area contributed by atoms with Gasteiger partial charge in [0.1, 0.15) is 6.61 Å². The lowest BCUT2D eigenvalue weighted by atomic mass is 10.0. The molecule has 0 heterocycles. The van der Waals surface area contributed by atoms with Crippen LogP contribution < -0.4 is 5.73 Å². The molecule has 0 aliphatic carbocycles. The summed E-state index contributed by atoms with van der Waals surface area (Å²) in [6, 6.07) is 0. The second kappa shape index (κ2) is 60.7. The number of phosphoric acid groups is 1. The lowest BCUT2D eigenvalue weighted by Crippen LogP contribution is -2.29. The van der Waals surface area contributed by atoms with E-state index < -0.39 is 26.5 Å². The molecule has 0 aromatic heterocycles. The lowest BCUT2D eigenvalue weighted by molar-refractivity contribution is -0.161. The van der Waals surface area contributed by atoms with E-state index in [1.165, 1.54) is 257 Å². The second-order valence-corrected chi connectivity index (χ2v) is 23.4. The highest BCUT2D eigenvalue weighted by molar-refractivity contribution is 7.47. The third-order valence-electron chi connectivity index (χ3n) is 14.6. The number of unbranched alkanes of at least 4 members (excludes halogenated alkanes) is 45. The summed E-state index contributed by atoms with van der Waals surface area (Å²) in [6.45, 7) is 3.78. The monoisotopic (exact) mass is 1070 g/mol. The molecular formula is C64H124NO8P. The van der Waals surface area contributed by atoms with Crippen molar-refractivity contribution in [2.45, 2.75) is 347 Å². The molecule has 0 aliphatic rings. The summed E-state index contributed by atoms with van der Waals surface area (Å²) in [7, 11) is -4.39. The number of phosphoric ester groups is 1. The number of hydrogen-bond donors (Lipinski definition) is 2. The summed E-state index contributed by atoms with van der Waals surface area (Å²) in [6.07, 6.45) is 72.7. The minimum Gasteiger partial charge on any atom is -0.462 e. The van der Waals surface area contributed by atoms with Crippen LogP contribution in [-0.4, -0.2) is 49.3 Å². The maximum Gasteiger partial charge on any atom is 0.472 e. The Bertz CT molecular complexity index is 1260. The Kier molecular flexibility index (Phi) is 59.5. The molecule has 0 radical (unpaired) electrons. The zero-order chi connectivity index (χ0) is 53.8. The standard InChI is InChI=1S/C64H124NO8P/c1-3-5-7-9-11-13-15-17-19-21-23-24-25-26-27-28-29-30-31-32-33-34-35-36-37-39-40-42-44-46-48-50-52-54-56-63(66)70-60-62(61-72-74(68,69)71-59-58-65)73-64(67)57-55-53-51-49-47-45-43-41-38-22-20-18-16-14-12-10-8-6-4-2/h12,14,18,20,62H,3-11,13,15-17,19,21-61,65H2,1-2H3,(H,68,69)/b14-12-,20-18-. The van der Waals surface area contributed by atoms with Crippen LogP contribution in [0.2, 0.25) is 0 Å². The van der Waals surface area contributed by atoms with Crippen LogP contribution in [0.25, 0.3) is 0 Å². The number of carbonyl (C=O) groups excluding carboxylic acids is 2. The molecule has 0 amide bonds. The van der Waals surface area contributed by atoms with E-state index in [9.17, 15) is 19.0 Å². The van der Waals surface area contributed by atoms with Gasteiger partial charge in [0.2, 0.25) is 0 Å². The van der Waals surface area contributed by atoms with E-state index in [1.807, 2.05) is 0 Å². The number of ether oxygens (including phenoxy) is 2. The average molecular weight is 1070 g/mol. The average Bonchev–Trinajstić information content (AvgIpc) is 3.39. The summed E-state index contributed by atoms with van der Waals surface area (Å²) in [5.41, 5.74) is 5.39. The van der Waals surface area contributed by atoms with Crippen LogP contribution in [-0.2, 0) is 32.7 Å². The van der Waals surface area contributed by atoms with Gasteiger partial charge in [-0.05, 0) is 44.9 Å². The fraction of sp³-hybridized carbons (Fsp3) is 0.906. The Morgan fingerprint density at radius 3 is 1.05 bits per heavy atom. The minimum absolute atomic E-state index is 0.0548. The summed E-state index contributed by atoms with van der Waals surface area (Å²) >= 11 is 0. The van der Waals surface area contributed by atoms with Gasteiger partial charge < -0.3 is 20.1 Å². The zero-order valence-electron chi connectivity index (χ0n) is 49.1. The van der Waals surface area contributed by atoms with Crippen molar-refractivity contribution in [3.63, 3.8) is 0 Å². The van der Waals surface area contributed by atoms with Gasteiger partial charge in [-0.1, -0.05) is 308 Å². The quantitative estimate of drug-likeness (QED) is 0.0264. The van der Waals surface area contributed by atoms with Crippen molar-refractivity contribution in [3.8, 4) is 0 Å². The van der Waals surface area contributed by atoms with Crippen molar-refractivity contribution >= 4 is 19.8 Å². The van der Waals surface area contributed by atoms with Crippen molar-refractivity contribution in [3.05, 3.63) is 24.3 Å². The van der Waals surface area contributed by atoms with E-state index in [4.69, 9.17) is 24.3 Å². The summed E-state index contributed by atoms with van der Waals surface area (Å²) in [4.78, 5) is 35.2. The van der Waals surface area contributed by atoms with Crippen molar-refractivity contribution < 1.29 is 37.6 Å². The zero-order valence-corrected chi connectivity index (χ0v) is 50.0. The maximum atomic E-state index is 12.7. The highest BCUT2D eigenvalue weighted by atomic mass is 31.2. The molecule has 9 nitrogen and oxygen atoms in total. The molecule has 0 rings (SSSR count). The first-order valence-electron chi connectivity index (χ1n) is 32.3. The molecule has 0 fully saturated rings. The predicted molar refractivity (Wildman–Crippen MR) is 317 cm³/mol. The first-order valence-corrected chi connectivity index (χ1v) is 33.8. The fourth-order valence-electron chi connectivity index (χ4n) is 9.79. The Balaban J connectivity index is 3.79. The molecule has 10 heteroatoms. The van der Waals surface area contributed by atoms with Gasteiger partial charge in [0.05, 0.1) is 13.2 Å². The Labute approximate surface area is 459 Å². The molecule has 0 aromatic rings. The van der Waals surface area contributed by atoms with Crippen LogP contribution in [0.1, 0.15) is 341 Å². The van der Waals surface area contributed by atoms with E-state index in [1.54, 1.807) is 0 Å². The van der Waals surface area contributed by atoms with Gasteiger partial charge in [-0.2, -0.15) is 0 Å². The third-order valence-corrected chi connectivity index (χ3v) is 15.6. The van der Waals surface area contributed by atoms with Gasteiger partial charge in [-0.25, -0.2) is 4.57 Å². The minimum atomic E-state index is -4.39. The van der Waals surface area contributed by atoms with Crippen LogP contribution in [0.3, 0.4) is 0 Å². The van der Waals surface area contributed by atoms with Crippen LogP contribution >= 0.6 is 7.82 Å². The number of hydrogen-bond acceptors (Lipinski definition) is 8. The molecule has 0 aromatic carbocycles.